The van der Waals surface area contributed by atoms with E-state index in [1.165, 1.54) is 11.3 Å². The molecule has 0 N–H and O–H groups in total. The zero-order valence-corrected chi connectivity index (χ0v) is 7.80. The number of hydrogen-bond acceptors (Lipinski definition) is 5. The van der Waals surface area contributed by atoms with Gasteiger partial charge in [-0.25, -0.2) is 9.59 Å². The Morgan fingerprint density at radius 1 is 1.54 bits per heavy atom. The van der Waals surface area contributed by atoms with E-state index in [0.717, 1.165) is 0 Å². The van der Waals surface area contributed by atoms with Gasteiger partial charge in [0.05, 0.1) is 6.61 Å². The van der Waals surface area contributed by atoms with Gasteiger partial charge in [0.2, 0.25) is 0 Å². The maximum absolute atomic E-state index is 11.1. The largest absolute Gasteiger partial charge is 0.516 e. The fraction of sp³-hybridized carbons (Fsp3) is 0.250. The molecule has 13 heavy (non-hydrogen) atoms. The lowest BCUT2D eigenvalue weighted by Crippen LogP contribution is -2.12. The molecule has 5 heteroatoms. The van der Waals surface area contributed by atoms with Gasteiger partial charge in [-0.1, -0.05) is 6.07 Å². The van der Waals surface area contributed by atoms with Crippen molar-refractivity contribution in [2.75, 3.05) is 6.61 Å². The molecule has 0 aromatic carbocycles. The van der Waals surface area contributed by atoms with Crippen molar-refractivity contribution in [2.24, 2.45) is 0 Å². The minimum absolute atomic E-state index is 0.191. The van der Waals surface area contributed by atoms with Crippen molar-refractivity contribution in [1.82, 2.24) is 0 Å². The summed E-state index contributed by atoms with van der Waals surface area (Å²) >= 11 is 1.21. The average molecular weight is 200 g/mol. The van der Waals surface area contributed by atoms with Gasteiger partial charge in [0, 0.05) is 0 Å². The monoisotopic (exact) mass is 200 g/mol. The molecular formula is C8H8O4S. The van der Waals surface area contributed by atoms with E-state index in [1.54, 1.807) is 24.4 Å². The summed E-state index contributed by atoms with van der Waals surface area (Å²) in [6.45, 7) is 1.83. The number of rotatable bonds is 2. The van der Waals surface area contributed by atoms with Gasteiger partial charge in [-0.3, -0.25) is 0 Å². The topological polar surface area (TPSA) is 52.6 Å². The van der Waals surface area contributed by atoms with Gasteiger partial charge in [0.15, 0.2) is 0 Å². The Hall–Kier alpha value is -1.36. The summed E-state index contributed by atoms with van der Waals surface area (Å²) in [5.41, 5.74) is 0. The molecule has 70 valence electrons. The third-order valence-corrected chi connectivity index (χ3v) is 2.01. The molecular weight excluding hydrogens is 192 g/mol. The predicted molar refractivity (Wildman–Crippen MR) is 46.8 cm³/mol. The number of carbonyl (C=O) groups excluding carboxylic acids is 2. The molecule has 4 nitrogen and oxygen atoms in total. The first kappa shape index (κ1) is 9.73. The van der Waals surface area contributed by atoms with E-state index in [9.17, 15) is 9.59 Å². The van der Waals surface area contributed by atoms with Crippen LogP contribution < -0.4 is 0 Å². The summed E-state index contributed by atoms with van der Waals surface area (Å²) in [4.78, 5) is 22.1. The zero-order chi connectivity index (χ0) is 9.68. The summed E-state index contributed by atoms with van der Waals surface area (Å²) in [6, 6.07) is 3.28. The number of carbonyl (C=O) groups is 2. The average Bonchev–Trinajstić information content (AvgIpc) is 2.55. The Morgan fingerprint density at radius 2 is 2.31 bits per heavy atom. The number of ether oxygens (including phenoxy) is 2. The first-order valence-corrected chi connectivity index (χ1v) is 4.54. The Morgan fingerprint density at radius 3 is 2.85 bits per heavy atom. The lowest BCUT2D eigenvalue weighted by atomic mass is 10.5. The summed E-state index contributed by atoms with van der Waals surface area (Å²) in [7, 11) is 0. The molecule has 0 aliphatic heterocycles. The van der Waals surface area contributed by atoms with Crippen LogP contribution in [0.1, 0.15) is 16.6 Å². The van der Waals surface area contributed by atoms with Gasteiger partial charge >= 0.3 is 12.1 Å². The van der Waals surface area contributed by atoms with Gasteiger partial charge < -0.3 is 9.47 Å². The molecule has 0 radical (unpaired) electrons. The van der Waals surface area contributed by atoms with Gasteiger partial charge in [-0.15, -0.1) is 11.3 Å². The molecule has 1 heterocycles. The molecule has 0 unspecified atom stereocenters. The molecule has 0 aliphatic carbocycles. The van der Waals surface area contributed by atoms with Crippen LogP contribution >= 0.6 is 11.3 Å². The first-order valence-electron chi connectivity index (χ1n) is 3.66. The van der Waals surface area contributed by atoms with Crippen molar-refractivity contribution >= 4 is 23.5 Å². The van der Waals surface area contributed by atoms with Crippen molar-refractivity contribution in [3.05, 3.63) is 22.4 Å². The lowest BCUT2D eigenvalue weighted by molar-refractivity contribution is 0.0406. The van der Waals surface area contributed by atoms with Crippen LogP contribution in [0.3, 0.4) is 0 Å². The number of hydrogen-bond donors (Lipinski definition) is 0. The highest BCUT2D eigenvalue weighted by atomic mass is 32.1. The smallest absolute Gasteiger partial charge is 0.434 e. The molecule has 0 saturated heterocycles. The van der Waals surface area contributed by atoms with E-state index >= 15 is 0 Å². The van der Waals surface area contributed by atoms with E-state index in [4.69, 9.17) is 0 Å². The second-order valence-electron chi connectivity index (χ2n) is 2.05. The molecule has 0 bridgehead atoms. The Bertz CT molecular complexity index is 291. The predicted octanol–water partition coefficient (Wildman–Crippen LogP) is 2.06. The SMILES string of the molecule is CCOC(=O)OC(=O)c1cccs1. The number of esters is 1. The molecule has 0 spiro atoms. The standard InChI is InChI=1S/C8H8O4S/c1-2-11-8(10)12-7(9)6-4-3-5-13-6/h3-5H,2H2,1H3. The molecule has 1 rings (SSSR count). The van der Waals surface area contributed by atoms with Crippen LogP contribution in [-0.4, -0.2) is 18.7 Å². The quantitative estimate of drug-likeness (QED) is 0.541. The van der Waals surface area contributed by atoms with Crippen molar-refractivity contribution in [3.63, 3.8) is 0 Å². The normalized spacial score (nSPS) is 9.31. The second kappa shape index (κ2) is 4.61. The minimum Gasteiger partial charge on any atom is -0.434 e. The Balaban J connectivity index is 2.47. The van der Waals surface area contributed by atoms with Crippen molar-refractivity contribution in [3.8, 4) is 0 Å². The third kappa shape index (κ3) is 2.87. The maximum atomic E-state index is 11.1. The fourth-order valence-corrected chi connectivity index (χ4v) is 1.27. The zero-order valence-electron chi connectivity index (χ0n) is 6.98. The lowest BCUT2D eigenvalue weighted by Gasteiger charge is -1.99. The van der Waals surface area contributed by atoms with Crippen LogP contribution in [0.15, 0.2) is 17.5 Å². The van der Waals surface area contributed by atoms with Crippen LogP contribution in [0.4, 0.5) is 4.79 Å². The molecule has 0 saturated carbocycles. The van der Waals surface area contributed by atoms with Gasteiger partial charge in [-0.2, -0.15) is 0 Å². The van der Waals surface area contributed by atoms with Crippen LogP contribution in [0, 0.1) is 0 Å². The molecule has 1 aromatic rings. The highest BCUT2D eigenvalue weighted by Gasteiger charge is 2.13. The van der Waals surface area contributed by atoms with Gasteiger partial charge in [0.1, 0.15) is 4.88 Å². The van der Waals surface area contributed by atoms with Crippen LogP contribution in [0.25, 0.3) is 0 Å². The molecule has 0 fully saturated rings. The minimum atomic E-state index is -0.957. The van der Waals surface area contributed by atoms with E-state index in [0.29, 0.717) is 4.88 Å². The molecule has 0 aliphatic rings. The van der Waals surface area contributed by atoms with E-state index in [1.807, 2.05) is 0 Å². The maximum Gasteiger partial charge on any atom is 0.516 e. The van der Waals surface area contributed by atoms with Crippen molar-refractivity contribution in [1.29, 1.82) is 0 Å². The fourth-order valence-electron chi connectivity index (χ4n) is 0.668. The third-order valence-electron chi connectivity index (χ3n) is 1.16. The van der Waals surface area contributed by atoms with Crippen LogP contribution in [0.5, 0.6) is 0 Å². The van der Waals surface area contributed by atoms with Gasteiger partial charge in [0.25, 0.3) is 0 Å². The van der Waals surface area contributed by atoms with E-state index in [-0.39, 0.29) is 6.61 Å². The summed E-state index contributed by atoms with van der Waals surface area (Å²) in [5.74, 6) is -0.673. The molecule has 0 amide bonds. The summed E-state index contributed by atoms with van der Waals surface area (Å²) < 4.78 is 8.78. The van der Waals surface area contributed by atoms with Crippen molar-refractivity contribution in [2.45, 2.75) is 6.92 Å². The van der Waals surface area contributed by atoms with Crippen LogP contribution in [-0.2, 0) is 9.47 Å². The molecule has 0 atom stereocenters. The Kier molecular flexibility index (Phi) is 3.45. The molecule has 1 aromatic heterocycles. The van der Waals surface area contributed by atoms with Gasteiger partial charge in [-0.05, 0) is 18.4 Å². The van der Waals surface area contributed by atoms with E-state index in [2.05, 4.69) is 9.47 Å². The highest BCUT2D eigenvalue weighted by molar-refractivity contribution is 7.12. The van der Waals surface area contributed by atoms with Crippen LogP contribution in [0.2, 0.25) is 0 Å². The number of thiophene rings is 1. The Labute approximate surface area is 79.1 Å². The summed E-state index contributed by atoms with van der Waals surface area (Å²) in [5, 5.41) is 1.72. The van der Waals surface area contributed by atoms with E-state index < -0.39 is 12.1 Å². The second-order valence-corrected chi connectivity index (χ2v) is 3.00. The van der Waals surface area contributed by atoms with Crippen molar-refractivity contribution < 1.29 is 19.1 Å². The highest BCUT2D eigenvalue weighted by Crippen LogP contribution is 2.10. The first-order chi connectivity index (χ1) is 6.24. The summed E-state index contributed by atoms with van der Waals surface area (Å²) in [6.07, 6.45) is -0.957.